The zero-order valence-corrected chi connectivity index (χ0v) is 12.2. The summed E-state index contributed by atoms with van der Waals surface area (Å²) >= 11 is 0. The lowest BCUT2D eigenvalue weighted by Gasteiger charge is -2.15. The highest BCUT2D eigenvalue weighted by Crippen LogP contribution is 2.24. The van der Waals surface area contributed by atoms with Crippen molar-refractivity contribution in [2.24, 2.45) is 0 Å². The van der Waals surface area contributed by atoms with Gasteiger partial charge in [-0.25, -0.2) is 0 Å². The van der Waals surface area contributed by atoms with E-state index in [-0.39, 0.29) is 0 Å². The molecule has 0 amide bonds. The first-order valence-electron chi connectivity index (χ1n) is 7.42. The maximum Gasteiger partial charge on any atom is 0.119 e. The summed E-state index contributed by atoms with van der Waals surface area (Å²) in [6.45, 7) is 6.02. The van der Waals surface area contributed by atoms with E-state index in [1.54, 1.807) is 0 Å². The van der Waals surface area contributed by atoms with E-state index < -0.39 is 0 Å². The van der Waals surface area contributed by atoms with Crippen molar-refractivity contribution in [2.75, 3.05) is 26.7 Å². The number of ether oxygens (including phenoxy) is 1. The van der Waals surface area contributed by atoms with E-state index in [1.807, 2.05) is 6.07 Å². The first kappa shape index (κ1) is 14.4. The van der Waals surface area contributed by atoms with Crippen molar-refractivity contribution in [3.8, 4) is 5.75 Å². The van der Waals surface area contributed by atoms with Gasteiger partial charge in [-0.15, -0.1) is 0 Å². The number of likely N-dealkylation sites (N-methyl/N-ethyl adjacent to an activating group) is 1. The third-order valence-electron chi connectivity index (χ3n) is 3.51. The second-order valence-corrected chi connectivity index (χ2v) is 5.38. The van der Waals surface area contributed by atoms with Gasteiger partial charge < -0.3 is 15.0 Å². The standard InChI is InChI=1S/C16H26N2O/c1-3-11-19-16-6-4-5-14(12-16)13-17-9-10-18(2)15-7-8-15/h4-6,12,15,17H,3,7-11,13H2,1-2H3. The topological polar surface area (TPSA) is 24.5 Å². The van der Waals surface area contributed by atoms with Gasteiger partial charge in [-0.3, -0.25) is 0 Å². The molecule has 0 heterocycles. The lowest BCUT2D eigenvalue weighted by molar-refractivity contribution is 0.316. The summed E-state index contributed by atoms with van der Waals surface area (Å²) in [6.07, 6.45) is 3.82. The van der Waals surface area contributed by atoms with Gasteiger partial charge in [0.25, 0.3) is 0 Å². The minimum Gasteiger partial charge on any atom is -0.494 e. The fraction of sp³-hybridized carbons (Fsp3) is 0.625. The summed E-state index contributed by atoms with van der Waals surface area (Å²) < 4.78 is 5.64. The Kier molecular flexibility index (Phi) is 5.67. The molecule has 19 heavy (non-hydrogen) atoms. The Morgan fingerprint density at radius 1 is 1.37 bits per heavy atom. The van der Waals surface area contributed by atoms with E-state index in [4.69, 9.17) is 4.74 Å². The fourth-order valence-electron chi connectivity index (χ4n) is 2.15. The summed E-state index contributed by atoms with van der Waals surface area (Å²) in [4.78, 5) is 2.45. The van der Waals surface area contributed by atoms with Gasteiger partial charge in [0.05, 0.1) is 6.61 Å². The number of hydrogen-bond donors (Lipinski definition) is 1. The van der Waals surface area contributed by atoms with Crippen LogP contribution in [0.15, 0.2) is 24.3 Å². The van der Waals surface area contributed by atoms with Crippen molar-refractivity contribution in [2.45, 2.75) is 38.8 Å². The molecule has 0 spiro atoms. The van der Waals surface area contributed by atoms with Gasteiger partial charge in [-0.1, -0.05) is 19.1 Å². The quantitative estimate of drug-likeness (QED) is 0.692. The smallest absolute Gasteiger partial charge is 0.119 e. The van der Waals surface area contributed by atoms with Crippen molar-refractivity contribution in [1.82, 2.24) is 10.2 Å². The molecule has 0 bridgehead atoms. The van der Waals surface area contributed by atoms with Gasteiger partial charge in [0, 0.05) is 25.7 Å². The minimum absolute atomic E-state index is 0.795. The van der Waals surface area contributed by atoms with Gasteiger partial charge in [0.2, 0.25) is 0 Å². The molecule has 3 heteroatoms. The first-order valence-corrected chi connectivity index (χ1v) is 7.42. The zero-order valence-electron chi connectivity index (χ0n) is 12.2. The predicted octanol–water partition coefficient (Wildman–Crippen LogP) is 2.66. The molecule has 2 rings (SSSR count). The Hall–Kier alpha value is -1.06. The van der Waals surface area contributed by atoms with E-state index in [0.29, 0.717) is 0 Å². The second kappa shape index (κ2) is 7.51. The summed E-state index contributed by atoms with van der Waals surface area (Å²) in [6, 6.07) is 9.23. The third-order valence-corrected chi connectivity index (χ3v) is 3.51. The van der Waals surface area contributed by atoms with E-state index in [1.165, 1.54) is 18.4 Å². The summed E-state index contributed by atoms with van der Waals surface area (Å²) in [5.74, 6) is 0.983. The summed E-state index contributed by atoms with van der Waals surface area (Å²) in [5.41, 5.74) is 1.29. The van der Waals surface area contributed by atoms with Crippen LogP contribution in [-0.4, -0.2) is 37.7 Å². The number of hydrogen-bond acceptors (Lipinski definition) is 3. The second-order valence-electron chi connectivity index (χ2n) is 5.38. The molecule has 1 aliphatic carbocycles. The van der Waals surface area contributed by atoms with Crippen molar-refractivity contribution < 1.29 is 4.74 Å². The molecule has 1 aliphatic rings. The fourth-order valence-corrected chi connectivity index (χ4v) is 2.15. The van der Waals surface area contributed by atoms with Gasteiger partial charge >= 0.3 is 0 Å². The molecule has 1 fully saturated rings. The highest BCUT2D eigenvalue weighted by Gasteiger charge is 2.25. The highest BCUT2D eigenvalue weighted by atomic mass is 16.5. The molecule has 0 atom stereocenters. The summed E-state index contributed by atoms with van der Waals surface area (Å²) in [5, 5.41) is 3.50. The van der Waals surface area contributed by atoms with Gasteiger partial charge in [0.15, 0.2) is 0 Å². The van der Waals surface area contributed by atoms with Crippen molar-refractivity contribution in [1.29, 1.82) is 0 Å². The molecule has 0 radical (unpaired) electrons. The van der Waals surface area contributed by atoms with Crippen LogP contribution in [0.5, 0.6) is 5.75 Å². The van der Waals surface area contributed by atoms with Crippen molar-refractivity contribution >= 4 is 0 Å². The lowest BCUT2D eigenvalue weighted by Crippen LogP contribution is -2.30. The molecular formula is C16H26N2O. The van der Waals surface area contributed by atoms with Crippen LogP contribution in [0.2, 0.25) is 0 Å². The van der Waals surface area contributed by atoms with Crippen molar-refractivity contribution in [3.63, 3.8) is 0 Å². The largest absolute Gasteiger partial charge is 0.494 e. The number of nitrogens with one attached hydrogen (secondary N) is 1. The molecule has 1 aromatic carbocycles. The average Bonchev–Trinajstić information content (AvgIpc) is 3.26. The normalized spacial score (nSPS) is 14.9. The minimum atomic E-state index is 0.795. The lowest BCUT2D eigenvalue weighted by atomic mass is 10.2. The van der Waals surface area contributed by atoms with Gasteiger partial charge in [0.1, 0.15) is 5.75 Å². The highest BCUT2D eigenvalue weighted by molar-refractivity contribution is 5.28. The van der Waals surface area contributed by atoms with Crippen molar-refractivity contribution in [3.05, 3.63) is 29.8 Å². The van der Waals surface area contributed by atoms with Crippen LogP contribution in [0, 0.1) is 0 Å². The SMILES string of the molecule is CCCOc1cccc(CNCCN(C)C2CC2)c1. The number of benzene rings is 1. The van der Waals surface area contributed by atoms with Gasteiger partial charge in [-0.05, 0) is 44.0 Å². The van der Waals surface area contributed by atoms with Crippen LogP contribution in [0.4, 0.5) is 0 Å². The van der Waals surface area contributed by atoms with Crippen LogP contribution in [0.1, 0.15) is 31.7 Å². The van der Waals surface area contributed by atoms with Crippen LogP contribution < -0.4 is 10.1 Å². The Morgan fingerprint density at radius 3 is 2.95 bits per heavy atom. The molecule has 0 unspecified atom stereocenters. The Morgan fingerprint density at radius 2 is 2.21 bits per heavy atom. The first-order chi connectivity index (χ1) is 9.29. The third kappa shape index (κ3) is 5.21. The molecule has 0 aromatic heterocycles. The van der Waals surface area contributed by atoms with E-state index in [0.717, 1.165) is 44.5 Å². The van der Waals surface area contributed by atoms with E-state index in [9.17, 15) is 0 Å². The molecule has 106 valence electrons. The van der Waals surface area contributed by atoms with E-state index >= 15 is 0 Å². The molecule has 1 aromatic rings. The maximum absolute atomic E-state index is 5.64. The monoisotopic (exact) mass is 262 g/mol. The molecule has 3 nitrogen and oxygen atoms in total. The predicted molar refractivity (Wildman–Crippen MR) is 79.6 cm³/mol. The van der Waals surface area contributed by atoms with Crippen LogP contribution in [0.3, 0.4) is 0 Å². The zero-order chi connectivity index (χ0) is 13.5. The van der Waals surface area contributed by atoms with Crippen LogP contribution in [-0.2, 0) is 6.54 Å². The van der Waals surface area contributed by atoms with Crippen LogP contribution in [0.25, 0.3) is 0 Å². The number of nitrogens with zero attached hydrogens (tertiary/aromatic N) is 1. The molecule has 0 aliphatic heterocycles. The Bertz CT molecular complexity index is 377. The molecular weight excluding hydrogens is 236 g/mol. The average molecular weight is 262 g/mol. The van der Waals surface area contributed by atoms with Gasteiger partial charge in [-0.2, -0.15) is 0 Å². The Balaban J connectivity index is 1.66. The Labute approximate surface area is 116 Å². The molecule has 0 saturated heterocycles. The van der Waals surface area contributed by atoms with Crippen LogP contribution >= 0.6 is 0 Å². The van der Waals surface area contributed by atoms with E-state index in [2.05, 4.69) is 42.4 Å². The molecule has 1 saturated carbocycles. The number of rotatable bonds is 9. The maximum atomic E-state index is 5.64. The summed E-state index contributed by atoms with van der Waals surface area (Å²) in [7, 11) is 2.22. The molecule has 1 N–H and O–H groups in total.